The molecule has 26 heavy (non-hydrogen) atoms. The summed E-state index contributed by atoms with van der Waals surface area (Å²) in [5.74, 6) is 1.10. The molecule has 3 aromatic rings. The van der Waals surface area contributed by atoms with Crippen LogP contribution in [0.3, 0.4) is 0 Å². The Bertz CT molecular complexity index is 967. The molecule has 3 rings (SSSR count). The van der Waals surface area contributed by atoms with Gasteiger partial charge in [-0.15, -0.1) is 0 Å². The van der Waals surface area contributed by atoms with Crippen molar-refractivity contribution in [1.29, 1.82) is 0 Å². The van der Waals surface area contributed by atoms with Gasteiger partial charge in [-0.3, -0.25) is 9.78 Å². The fourth-order valence-corrected chi connectivity index (χ4v) is 2.97. The van der Waals surface area contributed by atoms with Gasteiger partial charge in [0.05, 0.1) is 31.0 Å². The fraction of sp³-hybridized carbons (Fsp3) is 0.238. The molecule has 2 aromatic carbocycles. The lowest BCUT2D eigenvalue weighted by Gasteiger charge is -2.14. The van der Waals surface area contributed by atoms with Gasteiger partial charge in [0.25, 0.3) is 5.91 Å². The Morgan fingerprint density at radius 3 is 2.62 bits per heavy atom. The number of carbonyl (C=O) groups is 1. The van der Waals surface area contributed by atoms with Gasteiger partial charge in [0.2, 0.25) is 0 Å². The zero-order chi connectivity index (χ0) is 18.7. The minimum Gasteiger partial charge on any atom is -0.493 e. The van der Waals surface area contributed by atoms with E-state index in [1.54, 1.807) is 14.2 Å². The number of fused-ring (bicyclic) bond motifs is 1. The summed E-state index contributed by atoms with van der Waals surface area (Å²) in [6.07, 6.45) is 0. The maximum atomic E-state index is 12.7. The van der Waals surface area contributed by atoms with E-state index >= 15 is 0 Å². The number of nitrogens with zero attached hydrogens (tertiary/aromatic N) is 1. The molecule has 0 aliphatic carbocycles. The minimum atomic E-state index is -0.164. The molecule has 0 aliphatic rings. The topological polar surface area (TPSA) is 60.5 Å². The molecule has 0 spiro atoms. The molecule has 1 N–H and O–H groups in total. The van der Waals surface area contributed by atoms with Crippen molar-refractivity contribution in [1.82, 2.24) is 10.3 Å². The number of rotatable bonds is 5. The highest BCUT2D eigenvalue weighted by atomic mass is 16.5. The Morgan fingerprint density at radius 2 is 1.88 bits per heavy atom. The fourth-order valence-electron chi connectivity index (χ4n) is 2.97. The summed E-state index contributed by atoms with van der Waals surface area (Å²) in [4.78, 5) is 17.2. The number of aromatic nitrogens is 1. The van der Waals surface area contributed by atoms with Gasteiger partial charge in [-0.1, -0.05) is 24.3 Å². The first-order chi connectivity index (χ1) is 12.5. The van der Waals surface area contributed by atoms with Crippen molar-refractivity contribution in [3.8, 4) is 11.5 Å². The van der Waals surface area contributed by atoms with Crippen LogP contribution in [-0.2, 0) is 6.54 Å². The van der Waals surface area contributed by atoms with Crippen molar-refractivity contribution >= 4 is 16.8 Å². The van der Waals surface area contributed by atoms with Crippen molar-refractivity contribution in [2.24, 2.45) is 0 Å². The third-order valence-electron chi connectivity index (χ3n) is 4.33. The highest BCUT2D eigenvalue weighted by molar-refractivity contribution is 5.98. The first-order valence-electron chi connectivity index (χ1n) is 8.39. The first kappa shape index (κ1) is 17.7. The first-order valence-corrected chi connectivity index (χ1v) is 8.39. The van der Waals surface area contributed by atoms with Crippen LogP contribution >= 0.6 is 0 Å². The molecule has 5 nitrogen and oxygen atoms in total. The van der Waals surface area contributed by atoms with Crippen LogP contribution in [0, 0.1) is 13.8 Å². The molecule has 0 unspecified atom stereocenters. The van der Waals surface area contributed by atoms with Crippen LogP contribution in [0.25, 0.3) is 10.9 Å². The molecule has 0 saturated heterocycles. The predicted octanol–water partition coefficient (Wildman–Crippen LogP) is 3.80. The largest absolute Gasteiger partial charge is 0.493 e. The third-order valence-corrected chi connectivity index (χ3v) is 4.33. The molecule has 1 aromatic heterocycles. The molecule has 0 fully saturated rings. The maximum absolute atomic E-state index is 12.7. The van der Waals surface area contributed by atoms with E-state index in [0.29, 0.717) is 29.3 Å². The van der Waals surface area contributed by atoms with E-state index in [2.05, 4.69) is 10.3 Å². The standard InChI is InChI=1S/C21H22N2O3/c1-13-8-9-15-11-17(14(2)23-18(15)10-13)21(24)22-12-16-6-5-7-19(25-3)20(16)26-4/h5-11H,12H2,1-4H3,(H,22,24). The van der Waals surface area contributed by atoms with Gasteiger partial charge in [0.1, 0.15) is 0 Å². The lowest BCUT2D eigenvalue weighted by molar-refractivity contribution is 0.0949. The van der Waals surface area contributed by atoms with Crippen LogP contribution in [0.2, 0.25) is 0 Å². The molecular formula is C21H22N2O3. The summed E-state index contributed by atoms with van der Waals surface area (Å²) < 4.78 is 10.7. The number of benzene rings is 2. The zero-order valence-corrected chi connectivity index (χ0v) is 15.4. The number of nitrogens with one attached hydrogen (secondary N) is 1. The summed E-state index contributed by atoms with van der Waals surface area (Å²) in [6, 6.07) is 13.5. The Hall–Kier alpha value is -3.08. The van der Waals surface area contributed by atoms with Crippen LogP contribution in [-0.4, -0.2) is 25.1 Å². The Kier molecular flexibility index (Phi) is 5.07. The summed E-state index contributed by atoms with van der Waals surface area (Å²) in [7, 11) is 3.18. The number of amides is 1. The maximum Gasteiger partial charge on any atom is 0.253 e. The average molecular weight is 350 g/mol. The van der Waals surface area contributed by atoms with Crippen molar-refractivity contribution in [2.45, 2.75) is 20.4 Å². The third kappa shape index (κ3) is 3.47. The lowest BCUT2D eigenvalue weighted by atomic mass is 10.1. The van der Waals surface area contributed by atoms with Crippen LogP contribution in [0.5, 0.6) is 11.5 Å². The van der Waals surface area contributed by atoms with Gasteiger partial charge in [-0.25, -0.2) is 0 Å². The van der Waals surface area contributed by atoms with Crippen LogP contribution in [0.1, 0.15) is 27.2 Å². The second kappa shape index (κ2) is 7.44. The van der Waals surface area contributed by atoms with E-state index in [4.69, 9.17) is 9.47 Å². The van der Waals surface area contributed by atoms with E-state index in [1.165, 1.54) is 0 Å². The lowest BCUT2D eigenvalue weighted by Crippen LogP contribution is -2.24. The number of ether oxygens (including phenoxy) is 2. The zero-order valence-electron chi connectivity index (χ0n) is 15.4. The Balaban J connectivity index is 1.84. The molecule has 0 atom stereocenters. The minimum absolute atomic E-state index is 0.164. The second-order valence-electron chi connectivity index (χ2n) is 6.15. The highest BCUT2D eigenvalue weighted by Crippen LogP contribution is 2.30. The van der Waals surface area contributed by atoms with Crippen molar-refractivity contribution in [3.05, 3.63) is 64.8 Å². The smallest absolute Gasteiger partial charge is 0.253 e. The average Bonchev–Trinajstić information content (AvgIpc) is 2.64. The van der Waals surface area contributed by atoms with E-state index < -0.39 is 0 Å². The summed E-state index contributed by atoms with van der Waals surface area (Å²) in [5.41, 5.74) is 4.17. The van der Waals surface area contributed by atoms with Crippen molar-refractivity contribution in [3.63, 3.8) is 0 Å². The van der Waals surface area contributed by atoms with Crippen LogP contribution in [0.4, 0.5) is 0 Å². The number of methoxy groups -OCH3 is 2. The molecule has 0 saturated carbocycles. The van der Waals surface area contributed by atoms with E-state index in [9.17, 15) is 4.79 Å². The van der Waals surface area contributed by atoms with Gasteiger partial charge in [0.15, 0.2) is 11.5 Å². The molecule has 0 bridgehead atoms. The van der Waals surface area contributed by atoms with Crippen LogP contribution < -0.4 is 14.8 Å². The van der Waals surface area contributed by atoms with Crippen LogP contribution in [0.15, 0.2) is 42.5 Å². The van der Waals surface area contributed by atoms with Gasteiger partial charge in [0, 0.05) is 17.5 Å². The Labute approximate surface area is 153 Å². The SMILES string of the molecule is COc1cccc(CNC(=O)c2cc3ccc(C)cc3nc2C)c1OC. The predicted molar refractivity (Wildman–Crippen MR) is 102 cm³/mol. The molecule has 0 radical (unpaired) electrons. The number of hydrogen-bond acceptors (Lipinski definition) is 4. The van der Waals surface area contributed by atoms with Gasteiger partial charge < -0.3 is 14.8 Å². The number of aryl methyl sites for hydroxylation is 2. The van der Waals surface area contributed by atoms with Gasteiger partial charge in [-0.2, -0.15) is 0 Å². The molecule has 1 amide bonds. The highest BCUT2D eigenvalue weighted by Gasteiger charge is 2.14. The Morgan fingerprint density at radius 1 is 1.08 bits per heavy atom. The molecule has 5 heteroatoms. The number of hydrogen-bond donors (Lipinski definition) is 1. The summed E-state index contributed by atoms with van der Waals surface area (Å²) in [5, 5.41) is 3.89. The van der Waals surface area contributed by atoms with Crippen molar-refractivity contribution < 1.29 is 14.3 Å². The summed E-state index contributed by atoms with van der Waals surface area (Å²) in [6.45, 7) is 4.21. The monoisotopic (exact) mass is 350 g/mol. The number of pyridine rings is 1. The van der Waals surface area contributed by atoms with Gasteiger partial charge >= 0.3 is 0 Å². The van der Waals surface area contributed by atoms with Crippen molar-refractivity contribution in [2.75, 3.05) is 14.2 Å². The van der Waals surface area contributed by atoms with Gasteiger partial charge in [-0.05, 0) is 37.6 Å². The van der Waals surface area contributed by atoms with E-state index in [0.717, 1.165) is 22.0 Å². The second-order valence-corrected chi connectivity index (χ2v) is 6.15. The molecule has 0 aliphatic heterocycles. The number of para-hydroxylation sites is 1. The normalized spacial score (nSPS) is 10.6. The summed E-state index contributed by atoms with van der Waals surface area (Å²) >= 11 is 0. The number of carbonyl (C=O) groups excluding carboxylic acids is 1. The molecular weight excluding hydrogens is 328 g/mol. The van der Waals surface area contributed by atoms with E-state index in [-0.39, 0.29) is 5.91 Å². The quantitative estimate of drug-likeness (QED) is 0.760. The molecule has 1 heterocycles. The van der Waals surface area contributed by atoms with E-state index in [1.807, 2.05) is 56.3 Å². The molecule has 134 valence electrons.